The number of urea groups is 1. The van der Waals surface area contributed by atoms with E-state index in [1.54, 1.807) is 12.1 Å². The second kappa shape index (κ2) is 8.37. The number of hydrogen-bond acceptors (Lipinski definition) is 6. The fraction of sp³-hybridized carbons (Fsp3) is 0.318. The Labute approximate surface area is 195 Å². The fourth-order valence-corrected chi connectivity index (χ4v) is 5.36. The van der Waals surface area contributed by atoms with Crippen LogP contribution in [0.2, 0.25) is 0 Å². The van der Waals surface area contributed by atoms with Crippen molar-refractivity contribution in [1.29, 1.82) is 0 Å². The highest BCUT2D eigenvalue weighted by Crippen LogP contribution is 2.40. The summed E-state index contributed by atoms with van der Waals surface area (Å²) >= 11 is 0. The maximum Gasteiger partial charge on any atom is 0.354 e. The van der Waals surface area contributed by atoms with E-state index in [-0.39, 0.29) is 22.7 Å². The number of methoxy groups -OCH3 is 1. The molecule has 1 aliphatic heterocycles. The molecule has 12 heteroatoms. The van der Waals surface area contributed by atoms with Crippen LogP contribution in [0.1, 0.15) is 24.5 Å². The molecule has 178 valence electrons. The number of nitrogens with zero attached hydrogens (tertiary/aromatic N) is 4. The molecule has 5 rings (SSSR count). The van der Waals surface area contributed by atoms with Crippen molar-refractivity contribution in [2.24, 2.45) is 9.50 Å². The Balaban J connectivity index is 1.55. The molecule has 0 saturated carbocycles. The lowest BCUT2D eigenvalue weighted by Gasteiger charge is -2.16. The van der Waals surface area contributed by atoms with E-state index in [1.807, 2.05) is 6.92 Å². The Bertz CT molecular complexity index is 1430. The highest BCUT2D eigenvalue weighted by Gasteiger charge is 2.29. The van der Waals surface area contributed by atoms with Crippen molar-refractivity contribution < 1.29 is 22.9 Å². The summed E-state index contributed by atoms with van der Waals surface area (Å²) in [5.74, 6) is 0.232. The van der Waals surface area contributed by atoms with Crippen LogP contribution in [0.5, 0.6) is 11.8 Å². The molecule has 1 aromatic carbocycles. The van der Waals surface area contributed by atoms with Crippen LogP contribution in [0.4, 0.5) is 14.9 Å². The van der Waals surface area contributed by atoms with Crippen LogP contribution in [-0.2, 0) is 29.3 Å². The number of amides is 2. The summed E-state index contributed by atoms with van der Waals surface area (Å²) < 4.78 is 44.2. The van der Waals surface area contributed by atoms with Crippen molar-refractivity contribution in [2.75, 3.05) is 12.4 Å². The minimum Gasteiger partial charge on any atom is -0.481 e. The Hall–Kier alpha value is -3.51. The van der Waals surface area contributed by atoms with Gasteiger partial charge >= 0.3 is 6.03 Å². The van der Waals surface area contributed by atoms with E-state index in [9.17, 15) is 13.4 Å². The van der Waals surface area contributed by atoms with Gasteiger partial charge in [-0.15, -0.1) is 4.36 Å². The third-order valence-corrected chi connectivity index (χ3v) is 7.22. The zero-order chi connectivity index (χ0) is 24.0. The molecule has 0 spiro atoms. The molecular formula is C22H23FN6O4S. The molecule has 2 amide bonds. The quantitative estimate of drug-likeness (QED) is 0.581. The van der Waals surface area contributed by atoms with Gasteiger partial charge in [-0.1, -0.05) is 0 Å². The third kappa shape index (κ3) is 3.88. The first-order chi connectivity index (χ1) is 16.3. The number of aromatic nitrogens is 3. The first kappa shape index (κ1) is 22.3. The van der Waals surface area contributed by atoms with E-state index in [4.69, 9.17) is 14.6 Å². The van der Waals surface area contributed by atoms with E-state index in [2.05, 4.69) is 19.8 Å². The largest absolute Gasteiger partial charge is 0.481 e. The van der Waals surface area contributed by atoms with Gasteiger partial charge in [0.05, 0.1) is 25.5 Å². The SMILES string of the molecule is COc1cc(-c2cc(F)c3c(c2NC(=O)N=S(N)(=O)c2cnn4c2OC(C)C4)CCC3)ccn1. The minimum atomic E-state index is -3.64. The summed E-state index contributed by atoms with van der Waals surface area (Å²) in [7, 11) is -2.17. The van der Waals surface area contributed by atoms with Crippen LogP contribution >= 0.6 is 0 Å². The summed E-state index contributed by atoms with van der Waals surface area (Å²) in [6.45, 7) is 2.32. The molecule has 3 heterocycles. The van der Waals surface area contributed by atoms with Gasteiger partial charge in [-0.2, -0.15) is 5.10 Å². The molecular weight excluding hydrogens is 463 g/mol. The van der Waals surface area contributed by atoms with Crippen LogP contribution in [0.15, 0.2) is 39.9 Å². The van der Waals surface area contributed by atoms with Gasteiger partial charge in [-0.25, -0.2) is 28.2 Å². The Morgan fingerprint density at radius 1 is 1.38 bits per heavy atom. The van der Waals surface area contributed by atoms with Crippen LogP contribution in [-0.4, -0.2) is 38.2 Å². The van der Waals surface area contributed by atoms with Crippen molar-refractivity contribution in [3.05, 3.63) is 47.5 Å². The average Bonchev–Trinajstić information content (AvgIpc) is 3.51. The van der Waals surface area contributed by atoms with Gasteiger partial charge in [-0.05, 0) is 55.0 Å². The van der Waals surface area contributed by atoms with Crippen molar-refractivity contribution in [3.63, 3.8) is 0 Å². The van der Waals surface area contributed by atoms with Crippen molar-refractivity contribution >= 4 is 21.6 Å². The number of rotatable bonds is 4. The summed E-state index contributed by atoms with van der Waals surface area (Å²) in [4.78, 5) is 17.1. The van der Waals surface area contributed by atoms with Crippen molar-refractivity contribution in [2.45, 2.75) is 43.7 Å². The van der Waals surface area contributed by atoms with Crippen molar-refractivity contribution in [1.82, 2.24) is 14.8 Å². The van der Waals surface area contributed by atoms with E-state index in [0.29, 0.717) is 53.2 Å². The lowest BCUT2D eigenvalue weighted by Crippen LogP contribution is -2.19. The molecule has 34 heavy (non-hydrogen) atoms. The number of halogens is 1. The number of fused-ring (bicyclic) bond motifs is 2. The molecule has 3 N–H and O–H groups in total. The second-order valence-corrected chi connectivity index (χ2v) is 9.95. The van der Waals surface area contributed by atoms with Crippen LogP contribution in [0, 0.1) is 5.82 Å². The second-order valence-electron chi connectivity index (χ2n) is 8.19. The molecule has 0 radical (unpaired) electrons. The first-order valence-corrected chi connectivity index (χ1v) is 12.3. The van der Waals surface area contributed by atoms with E-state index >= 15 is 0 Å². The van der Waals surface area contributed by atoms with Gasteiger partial charge in [0.2, 0.25) is 11.8 Å². The molecule has 2 aromatic heterocycles. The first-order valence-electron chi connectivity index (χ1n) is 10.7. The highest BCUT2D eigenvalue weighted by molar-refractivity contribution is 7.91. The van der Waals surface area contributed by atoms with Gasteiger partial charge < -0.3 is 14.8 Å². The Morgan fingerprint density at radius 2 is 2.18 bits per heavy atom. The minimum absolute atomic E-state index is 0.0513. The summed E-state index contributed by atoms with van der Waals surface area (Å²) in [5, 5.41) is 12.8. The van der Waals surface area contributed by atoms with Crippen LogP contribution < -0.4 is 19.9 Å². The Morgan fingerprint density at radius 3 is 2.97 bits per heavy atom. The predicted molar refractivity (Wildman–Crippen MR) is 123 cm³/mol. The number of ether oxygens (including phenoxy) is 2. The van der Waals surface area contributed by atoms with Crippen molar-refractivity contribution in [3.8, 4) is 22.9 Å². The van der Waals surface area contributed by atoms with Gasteiger partial charge in [0.1, 0.15) is 16.8 Å². The fourth-order valence-electron chi connectivity index (χ4n) is 4.37. The monoisotopic (exact) mass is 486 g/mol. The summed E-state index contributed by atoms with van der Waals surface area (Å²) in [6.07, 6.45) is 4.56. The van der Waals surface area contributed by atoms with E-state index < -0.39 is 15.9 Å². The normalized spacial score (nSPS) is 17.9. The van der Waals surface area contributed by atoms with Crippen LogP contribution in [0.3, 0.4) is 0 Å². The number of hydrogen-bond donors (Lipinski definition) is 2. The molecule has 0 saturated heterocycles. The standard InChI is InChI=1S/C22H23FN6O4S/c1-12-11-29-21(33-12)18(10-26-29)34(24,31)28-22(30)27-20-15-5-3-4-14(15)17(23)9-16(20)13-6-7-25-19(8-13)32-2/h6-10,12H,3-5,11H2,1-2H3,(H3,24,27,28,30,31). The number of nitrogens with one attached hydrogen (secondary N) is 1. The molecule has 2 aliphatic rings. The molecule has 0 bridgehead atoms. The van der Waals surface area contributed by atoms with Gasteiger partial charge in [-0.3, -0.25) is 0 Å². The number of benzene rings is 1. The molecule has 2 atom stereocenters. The number of carbonyl (C=O) groups is 1. The lowest BCUT2D eigenvalue weighted by atomic mass is 9.97. The van der Waals surface area contributed by atoms with Gasteiger partial charge in [0, 0.05) is 17.8 Å². The topological polar surface area (TPSA) is 134 Å². The Kier molecular flexibility index (Phi) is 5.48. The van der Waals surface area contributed by atoms with Crippen LogP contribution in [0.25, 0.3) is 11.1 Å². The molecule has 3 aromatic rings. The lowest BCUT2D eigenvalue weighted by molar-refractivity contribution is 0.248. The number of nitrogens with two attached hydrogens (primary N) is 1. The predicted octanol–water partition coefficient (Wildman–Crippen LogP) is 3.30. The highest BCUT2D eigenvalue weighted by atomic mass is 32.2. The van der Waals surface area contributed by atoms with Gasteiger partial charge in [0.25, 0.3) is 0 Å². The van der Waals surface area contributed by atoms with E-state index in [0.717, 1.165) is 6.42 Å². The average molecular weight is 487 g/mol. The molecule has 0 fully saturated rings. The van der Waals surface area contributed by atoms with Gasteiger partial charge in [0.15, 0.2) is 9.92 Å². The zero-order valence-electron chi connectivity index (χ0n) is 18.6. The third-order valence-electron chi connectivity index (χ3n) is 5.87. The number of carbonyl (C=O) groups excluding carboxylic acids is 1. The maximum absolute atomic E-state index is 14.9. The number of pyridine rings is 1. The zero-order valence-corrected chi connectivity index (χ0v) is 19.4. The summed E-state index contributed by atoms with van der Waals surface area (Å²) in [6, 6.07) is 3.78. The van der Waals surface area contributed by atoms with E-state index in [1.165, 1.54) is 30.3 Å². The smallest absolute Gasteiger partial charge is 0.354 e. The molecule has 10 nitrogen and oxygen atoms in total. The maximum atomic E-state index is 14.9. The molecule has 1 aliphatic carbocycles. The molecule has 2 unspecified atom stereocenters. The summed E-state index contributed by atoms with van der Waals surface area (Å²) in [5.41, 5.74) is 2.67. The number of anilines is 1.